The summed E-state index contributed by atoms with van der Waals surface area (Å²) in [5.74, 6) is -1.43. The van der Waals surface area contributed by atoms with Crippen LogP contribution in [-0.4, -0.2) is 47.7 Å². The van der Waals surface area contributed by atoms with Gasteiger partial charge in [-0.1, -0.05) is 23.2 Å². The van der Waals surface area contributed by atoms with Crippen molar-refractivity contribution in [1.29, 1.82) is 0 Å². The number of benzene rings is 1. The minimum absolute atomic E-state index is 0.00297. The number of halogens is 2. The fourth-order valence-corrected chi connectivity index (χ4v) is 2.19. The molecule has 0 spiro atoms. The van der Waals surface area contributed by atoms with Crippen molar-refractivity contribution in [3.8, 4) is 0 Å². The second kappa shape index (κ2) is 5.77. The third kappa shape index (κ3) is 3.18. The Hall–Kier alpha value is -1.30. The summed E-state index contributed by atoms with van der Waals surface area (Å²) in [6.45, 7) is 0.503. The topological polar surface area (TPSA) is 66.8 Å². The molecular formula is C12H11Cl2NO4. The summed E-state index contributed by atoms with van der Waals surface area (Å²) in [6, 6.07) is 4.59. The first-order valence-electron chi connectivity index (χ1n) is 5.58. The molecule has 0 unspecified atom stereocenters. The molecule has 102 valence electrons. The summed E-state index contributed by atoms with van der Waals surface area (Å²) < 4.78 is 5.06. The van der Waals surface area contributed by atoms with E-state index in [-0.39, 0.29) is 29.6 Å². The van der Waals surface area contributed by atoms with E-state index in [2.05, 4.69) is 0 Å². The van der Waals surface area contributed by atoms with Crippen molar-refractivity contribution in [1.82, 2.24) is 4.90 Å². The minimum atomic E-state index is -1.09. The lowest BCUT2D eigenvalue weighted by molar-refractivity contribution is -0.154. The number of morpholine rings is 1. The van der Waals surface area contributed by atoms with Crippen LogP contribution < -0.4 is 0 Å². The van der Waals surface area contributed by atoms with Gasteiger partial charge in [0.25, 0.3) is 5.91 Å². The van der Waals surface area contributed by atoms with Crippen molar-refractivity contribution in [2.45, 2.75) is 6.10 Å². The van der Waals surface area contributed by atoms with Crippen molar-refractivity contribution in [2.75, 3.05) is 19.7 Å². The Kier molecular flexibility index (Phi) is 4.29. The largest absolute Gasteiger partial charge is 0.479 e. The van der Waals surface area contributed by atoms with Gasteiger partial charge in [-0.05, 0) is 18.2 Å². The third-order valence-corrected chi connectivity index (χ3v) is 3.35. The maximum absolute atomic E-state index is 12.3. The molecule has 0 radical (unpaired) electrons. The first-order valence-corrected chi connectivity index (χ1v) is 6.33. The predicted octanol–water partition coefficient (Wildman–Crippen LogP) is 1.92. The summed E-state index contributed by atoms with van der Waals surface area (Å²) in [4.78, 5) is 24.5. The summed E-state index contributed by atoms with van der Waals surface area (Å²) >= 11 is 11.8. The zero-order valence-electron chi connectivity index (χ0n) is 9.81. The van der Waals surface area contributed by atoms with Gasteiger partial charge in [0.15, 0.2) is 6.10 Å². The normalized spacial score (nSPS) is 19.3. The van der Waals surface area contributed by atoms with Crippen LogP contribution in [0.25, 0.3) is 0 Å². The van der Waals surface area contributed by atoms with Gasteiger partial charge in [0.2, 0.25) is 0 Å². The van der Waals surface area contributed by atoms with Crippen LogP contribution in [0.15, 0.2) is 18.2 Å². The molecule has 5 nitrogen and oxygen atoms in total. The summed E-state index contributed by atoms with van der Waals surface area (Å²) in [7, 11) is 0. The summed E-state index contributed by atoms with van der Waals surface area (Å²) in [6.07, 6.45) is -1.00. The second-order valence-electron chi connectivity index (χ2n) is 4.07. The van der Waals surface area contributed by atoms with Gasteiger partial charge in [-0.15, -0.1) is 0 Å². The highest BCUT2D eigenvalue weighted by atomic mass is 35.5. The number of hydrogen-bond acceptors (Lipinski definition) is 3. The van der Waals surface area contributed by atoms with Crippen molar-refractivity contribution in [3.05, 3.63) is 33.8 Å². The number of nitrogens with zero attached hydrogens (tertiary/aromatic N) is 1. The highest BCUT2D eigenvalue weighted by Gasteiger charge is 2.30. The molecule has 0 saturated carbocycles. The molecule has 1 heterocycles. The van der Waals surface area contributed by atoms with Gasteiger partial charge in [-0.25, -0.2) is 4.79 Å². The van der Waals surface area contributed by atoms with Crippen molar-refractivity contribution in [2.24, 2.45) is 0 Å². The van der Waals surface area contributed by atoms with Crippen LogP contribution in [0.1, 0.15) is 10.4 Å². The zero-order chi connectivity index (χ0) is 14.0. The van der Waals surface area contributed by atoms with Crippen LogP contribution in [0.2, 0.25) is 10.0 Å². The molecule has 1 amide bonds. The Morgan fingerprint density at radius 2 is 2.11 bits per heavy atom. The van der Waals surface area contributed by atoms with Crippen molar-refractivity contribution >= 4 is 35.1 Å². The Labute approximate surface area is 119 Å². The van der Waals surface area contributed by atoms with Crippen molar-refractivity contribution < 1.29 is 19.4 Å². The number of carbonyl (C=O) groups excluding carboxylic acids is 1. The van der Waals surface area contributed by atoms with E-state index in [9.17, 15) is 9.59 Å². The lowest BCUT2D eigenvalue weighted by Gasteiger charge is -2.31. The summed E-state index contributed by atoms with van der Waals surface area (Å²) in [5.41, 5.74) is 0.264. The third-order valence-electron chi connectivity index (χ3n) is 2.79. The first-order chi connectivity index (χ1) is 8.99. The molecule has 1 fully saturated rings. The number of hydrogen-bond donors (Lipinski definition) is 1. The molecular weight excluding hydrogens is 293 g/mol. The van der Waals surface area contributed by atoms with Gasteiger partial charge in [0, 0.05) is 11.6 Å². The maximum atomic E-state index is 12.3. The second-order valence-corrected chi connectivity index (χ2v) is 4.92. The predicted molar refractivity (Wildman–Crippen MR) is 69.7 cm³/mol. The van der Waals surface area contributed by atoms with Crippen LogP contribution in [0.4, 0.5) is 0 Å². The number of amides is 1. The maximum Gasteiger partial charge on any atom is 0.334 e. The first kappa shape index (κ1) is 14.1. The quantitative estimate of drug-likeness (QED) is 0.906. The van der Waals surface area contributed by atoms with E-state index in [0.717, 1.165) is 0 Å². The molecule has 1 aliphatic rings. The minimum Gasteiger partial charge on any atom is -0.479 e. The highest BCUT2D eigenvalue weighted by Crippen LogP contribution is 2.23. The molecule has 1 atom stereocenters. The smallest absolute Gasteiger partial charge is 0.334 e. The molecule has 0 aliphatic carbocycles. The van der Waals surface area contributed by atoms with E-state index < -0.39 is 12.1 Å². The fourth-order valence-electron chi connectivity index (χ4n) is 1.81. The van der Waals surface area contributed by atoms with E-state index in [1.54, 1.807) is 6.07 Å². The highest BCUT2D eigenvalue weighted by molar-refractivity contribution is 6.35. The molecule has 0 aromatic heterocycles. The van der Waals surface area contributed by atoms with Gasteiger partial charge in [0.1, 0.15) is 0 Å². The molecule has 7 heteroatoms. The monoisotopic (exact) mass is 303 g/mol. The van der Waals surface area contributed by atoms with Crippen molar-refractivity contribution in [3.63, 3.8) is 0 Å². The van der Waals surface area contributed by atoms with Crippen LogP contribution in [0.5, 0.6) is 0 Å². The molecule has 1 saturated heterocycles. The van der Waals surface area contributed by atoms with Crippen LogP contribution >= 0.6 is 23.2 Å². The Morgan fingerprint density at radius 3 is 2.79 bits per heavy atom. The lowest BCUT2D eigenvalue weighted by Crippen LogP contribution is -2.48. The van der Waals surface area contributed by atoms with E-state index in [1.165, 1.54) is 17.0 Å². The molecule has 19 heavy (non-hydrogen) atoms. The van der Waals surface area contributed by atoms with E-state index in [0.29, 0.717) is 11.6 Å². The molecule has 0 bridgehead atoms. The average molecular weight is 304 g/mol. The number of rotatable bonds is 2. The Bertz CT molecular complexity index is 520. The molecule has 1 N–H and O–H groups in total. The van der Waals surface area contributed by atoms with Crippen LogP contribution in [0, 0.1) is 0 Å². The molecule has 1 aromatic carbocycles. The van der Waals surface area contributed by atoms with Crippen LogP contribution in [-0.2, 0) is 9.53 Å². The van der Waals surface area contributed by atoms with Crippen LogP contribution in [0.3, 0.4) is 0 Å². The van der Waals surface area contributed by atoms with Gasteiger partial charge < -0.3 is 14.7 Å². The number of aliphatic carboxylic acids is 1. The van der Waals surface area contributed by atoms with Gasteiger partial charge >= 0.3 is 5.97 Å². The SMILES string of the molecule is O=C(O)[C@@H]1CN(C(=O)c2cc(Cl)ccc2Cl)CCO1. The number of carboxylic acids is 1. The molecule has 2 rings (SSSR count). The Morgan fingerprint density at radius 1 is 1.37 bits per heavy atom. The van der Waals surface area contributed by atoms with E-state index in [1.807, 2.05) is 0 Å². The standard InChI is InChI=1S/C12H11Cl2NO4/c13-7-1-2-9(14)8(5-7)11(16)15-3-4-19-10(6-15)12(17)18/h1-2,5,10H,3-4,6H2,(H,17,18)/t10-/m0/s1. The van der Waals surface area contributed by atoms with Gasteiger partial charge in [-0.3, -0.25) is 4.79 Å². The molecule has 1 aliphatic heterocycles. The van der Waals surface area contributed by atoms with E-state index in [4.69, 9.17) is 33.0 Å². The Balaban J connectivity index is 2.19. The zero-order valence-corrected chi connectivity index (χ0v) is 11.3. The van der Waals surface area contributed by atoms with Gasteiger partial charge in [0.05, 0.1) is 23.7 Å². The van der Waals surface area contributed by atoms with Gasteiger partial charge in [-0.2, -0.15) is 0 Å². The average Bonchev–Trinajstić information content (AvgIpc) is 2.41. The lowest BCUT2D eigenvalue weighted by atomic mass is 10.1. The number of carbonyl (C=O) groups is 2. The van der Waals surface area contributed by atoms with E-state index >= 15 is 0 Å². The fraction of sp³-hybridized carbons (Fsp3) is 0.333. The number of ether oxygens (including phenoxy) is 1. The molecule has 1 aromatic rings. The summed E-state index contributed by atoms with van der Waals surface area (Å²) in [5, 5.41) is 9.58. The number of carboxylic acid groups (broad SMARTS) is 1.